The third-order valence-corrected chi connectivity index (χ3v) is 4.56. The van der Waals surface area contributed by atoms with Crippen LogP contribution in [0, 0.1) is 0 Å². The van der Waals surface area contributed by atoms with Crippen LogP contribution >= 0.6 is 0 Å². The fraction of sp³-hybridized carbons (Fsp3) is 0.227. The summed E-state index contributed by atoms with van der Waals surface area (Å²) in [6.45, 7) is 1.94. The van der Waals surface area contributed by atoms with Crippen molar-refractivity contribution in [2.24, 2.45) is 4.99 Å². The Hall–Kier alpha value is -3.61. The molecule has 0 radical (unpaired) electrons. The quantitative estimate of drug-likeness (QED) is 0.426. The molecule has 0 fully saturated rings. The minimum Gasteiger partial charge on any atom is -0.355 e. The number of rotatable bonds is 7. The summed E-state index contributed by atoms with van der Waals surface area (Å²) in [7, 11) is 3.37. The Morgan fingerprint density at radius 1 is 1.03 bits per heavy atom. The van der Waals surface area contributed by atoms with Crippen molar-refractivity contribution in [3.8, 4) is 0 Å². The van der Waals surface area contributed by atoms with E-state index in [-0.39, 0.29) is 5.91 Å². The second-order valence-electron chi connectivity index (χ2n) is 6.53. The lowest BCUT2D eigenvalue weighted by Crippen LogP contribution is -2.36. The maximum absolute atomic E-state index is 11.8. The third-order valence-electron chi connectivity index (χ3n) is 4.56. The van der Waals surface area contributed by atoms with Crippen LogP contribution in [0.15, 0.2) is 72.0 Å². The van der Waals surface area contributed by atoms with Crippen LogP contribution < -0.4 is 16.0 Å². The van der Waals surface area contributed by atoms with Crippen molar-refractivity contribution in [1.29, 1.82) is 0 Å². The normalized spacial score (nSPS) is 11.2. The van der Waals surface area contributed by atoms with Crippen LogP contribution in [0.5, 0.6) is 0 Å². The lowest BCUT2D eigenvalue weighted by Gasteiger charge is -2.15. The molecule has 1 heterocycles. The van der Waals surface area contributed by atoms with Gasteiger partial charge < -0.3 is 16.0 Å². The topological polar surface area (TPSA) is 83.3 Å². The van der Waals surface area contributed by atoms with Crippen molar-refractivity contribution in [3.05, 3.63) is 89.2 Å². The number of benzene rings is 2. The second-order valence-corrected chi connectivity index (χ2v) is 6.53. The van der Waals surface area contributed by atoms with Crippen LogP contribution in [-0.4, -0.2) is 35.7 Å². The second kappa shape index (κ2) is 10.1. The molecule has 7 nitrogen and oxygen atoms in total. The van der Waals surface area contributed by atoms with Crippen molar-refractivity contribution in [3.63, 3.8) is 0 Å². The zero-order valence-electron chi connectivity index (χ0n) is 16.7. The Kier molecular flexibility index (Phi) is 7.00. The first-order valence-electron chi connectivity index (χ1n) is 9.49. The molecule has 3 rings (SSSR count). The Morgan fingerprint density at radius 3 is 2.55 bits per heavy atom. The van der Waals surface area contributed by atoms with Crippen molar-refractivity contribution in [2.75, 3.05) is 14.1 Å². The monoisotopic (exact) mass is 390 g/mol. The number of guanidine groups is 1. The molecule has 3 aromatic rings. The predicted molar refractivity (Wildman–Crippen MR) is 115 cm³/mol. The van der Waals surface area contributed by atoms with Gasteiger partial charge in [0.05, 0.1) is 6.54 Å². The van der Waals surface area contributed by atoms with E-state index >= 15 is 0 Å². The Labute approximate surface area is 170 Å². The van der Waals surface area contributed by atoms with Gasteiger partial charge in [0.25, 0.3) is 5.91 Å². The molecule has 0 spiro atoms. The number of nitrogens with one attached hydrogen (secondary N) is 3. The largest absolute Gasteiger partial charge is 0.355 e. The highest BCUT2D eigenvalue weighted by molar-refractivity contribution is 5.94. The molecule has 0 aliphatic carbocycles. The molecule has 0 unspecified atom stereocenters. The zero-order chi connectivity index (χ0) is 20.5. The van der Waals surface area contributed by atoms with Crippen LogP contribution in [0.1, 0.15) is 27.0 Å². The van der Waals surface area contributed by atoms with Gasteiger partial charge in [-0.05, 0) is 34.9 Å². The van der Waals surface area contributed by atoms with Crippen molar-refractivity contribution in [1.82, 2.24) is 25.7 Å². The number of hydrogen-bond donors (Lipinski definition) is 3. The molecule has 0 saturated carbocycles. The molecule has 0 aliphatic heterocycles. The number of carbonyl (C=O) groups is 1. The summed E-state index contributed by atoms with van der Waals surface area (Å²) in [5.74, 6) is 0.604. The average Bonchev–Trinajstić information content (AvgIpc) is 3.27. The van der Waals surface area contributed by atoms with E-state index in [9.17, 15) is 4.79 Å². The first kappa shape index (κ1) is 20.1. The van der Waals surface area contributed by atoms with Crippen LogP contribution in [-0.2, 0) is 19.6 Å². The van der Waals surface area contributed by atoms with Gasteiger partial charge >= 0.3 is 0 Å². The van der Waals surface area contributed by atoms with Crippen LogP contribution in [0.4, 0.5) is 0 Å². The molecule has 0 bridgehead atoms. The predicted octanol–water partition coefficient (Wildman–Crippen LogP) is 2.16. The molecule has 0 aliphatic rings. The summed E-state index contributed by atoms with van der Waals surface area (Å²) in [4.78, 5) is 16.1. The summed E-state index contributed by atoms with van der Waals surface area (Å²) in [5.41, 5.74) is 4.04. The molecule has 1 amide bonds. The van der Waals surface area contributed by atoms with Gasteiger partial charge in [-0.3, -0.25) is 14.5 Å². The van der Waals surface area contributed by atoms with Gasteiger partial charge in [0.15, 0.2) is 5.96 Å². The SMILES string of the molecule is CN=C(NCc1cccc(C(=O)NC)c1)NCc1ccccc1Cn1cccn1. The summed E-state index contributed by atoms with van der Waals surface area (Å²) in [5, 5.41) is 13.6. The van der Waals surface area contributed by atoms with Gasteiger partial charge in [-0.25, -0.2) is 0 Å². The van der Waals surface area contributed by atoms with E-state index in [0.29, 0.717) is 24.6 Å². The summed E-state index contributed by atoms with van der Waals surface area (Å²) < 4.78 is 1.91. The van der Waals surface area contributed by atoms with Crippen LogP contribution in [0.2, 0.25) is 0 Å². The Balaban J connectivity index is 1.58. The van der Waals surface area contributed by atoms with Gasteiger partial charge in [0, 0.05) is 45.1 Å². The van der Waals surface area contributed by atoms with E-state index in [4.69, 9.17) is 0 Å². The highest BCUT2D eigenvalue weighted by Gasteiger charge is 2.06. The maximum atomic E-state index is 11.8. The van der Waals surface area contributed by atoms with E-state index in [0.717, 1.165) is 12.1 Å². The molecule has 29 heavy (non-hydrogen) atoms. The first-order valence-corrected chi connectivity index (χ1v) is 9.49. The Morgan fingerprint density at radius 2 is 1.83 bits per heavy atom. The molecular formula is C22H26N6O. The maximum Gasteiger partial charge on any atom is 0.251 e. The van der Waals surface area contributed by atoms with E-state index < -0.39 is 0 Å². The standard InChI is InChI=1S/C22H26N6O/c1-23-21(29)18-10-5-7-17(13-18)14-25-22(24-2)26-15-19-8-3-4-9-20(19)16-28-12-6-11-27-28/h3-13H,14-16H2,1-2H3,(H,23,29)(H2,24,25,26). The molecule has 2 aromatic carbocycles. The van der Waals surface area contributed by atoms with Crippen molar-refractivity contribution < 1.29 is 4.79 Å². The average molecular weight is 390 g/mol. The highest BCUT2D eigenvalue weighted by atomic mass is 16.1. The zero-order valence-corrected chi connectivity index (χ0v) is 16.7. The first-order chi connectivity index (χ1) is 14.2. The van der Waals surface area contributed by atoms with Crippen molar-refractivity contribution in [2.45, 2.75) is 19.6 Å². The summed E-state index contributed by atoms with van der Waals surface area (Å²) in [6, 6.07) is 17.7. The van der Waals surface area contributed by atoms with Gasteiger partial charge in [0.1, 0.15) is 0 Å². The van der Waals surface area contributed by atoms with Crippen LogP contribution in [0.25, 0.3) is 0 Å². The molecule has 0 saturated heterocycles. The van der Waals surface area contributed by atoms with E-state index in [1.54, 1.807) is 26.4 Å². The Bertz CT molecular complexity index is 965. The fourth-order valence-corrected chi connectivity index (χ4v) is 3.00. The van der Waals surface area contributed by atoms with Gasteiger partial charge in [-0.1, -0.05) is 36.4 Å². The number of aromatic nitrogens is 2. The third kappa shape index (κ3) is 5.68. The fourth-order valence-electron chi connectivity index (χ4n) is 3.00. The molecule has 7 heteroatoms. The number of aliphatic imine (C=N–C) groups is 1. The molecule has 0 atom stereocenters. The van der Waals surface area contributed by atoms with Gasteiger partial charge in [-0.2, -0.15) is 5.10 Å². The van der Waals surface area contributed by atoms with E-state index in [2.05, 4.69) is 38.2 Å². The lowest BCUT2D eigenvalue weighted by atomic mass is 10.1. The smallest absolute Gasteiger partial charge is 0.251 e. The van der Waals surface area contributed by atoms with E-state index in [1.807, 2.05) is 47.3 Å². The molecule has 3 N–H and O–H groups in total. The summed E-state index contributed by atoms with van der Waals surface area (Å²) in [6.07, 6.45) is 3.74. The highest BCUT2D eigenvalue weighted by Crippen LogP contribution is 2.10. The minimum absolute atomic E-state index is 0.0943. The minimum atomic E-state index is -0.0943. The van der Waals surface area contributed by atoms with Gasteiger partial charge in [0.2, 0.25) is 0 Å². The lowest BCUT2D eigenvalue weighted by molar-refractivity contribution is 0.0963. The van der Waals surface area contributed by atoms with Crippen LogP contribution in [0.3, 0.4) is 0 Å². The molecule has 150 valence electrons. The number of amides is 1. The van der Waals surface area contributed by atoms with E-state index in [1.165, 1.54) is 11.1 Å². The summed E-state index contributed by atoms with van der Waals surface area (Å²) >= 11 is 0. The number of nitrogens with zero attached hydrogens (tertiary/aromatic N) is 3. The molecular weight excluding hydrogens is 364 g/mol. The molecule has 1 aromatic heterocycles. The number of hydrogen-bond acceptors (Lipinski definition) is 3. The van der Waals surface area contributed by atoms with Gasteiger partial charge in [-0.15, -0.1) is 0 Å². The van der Waals surface area contributed by atoms with Crippen molar-refractivity contribution >= 4 is 11.9 Å². The number of carbonyl (C=O) groups excluding carboxylic acids is 1.